The molecule has 0 aliphatic heterocycles. The van der Waals surface area contributed by atoms with Crippen LogP contribution in [0.25, 0.3) is 0 Å². The van der Waals surface area contributed by atoms with E-state index < -0.39 is 11.9 Å². The van der Waals surface area contributed by atoms with Crippen molar-refractivity contribution in [3.8, 4) is 0 Å². The van der Waals surface area contributed by atoms with Gasteiger partial charge in [0.15, 0.2) is 0 Å². The molecular weight excluding hydrogens is 196 g/mol. The fourth-order valence-corrected chi connectivity index (χ4v) is 1.72. The van der Waals surface area contributed by atoms with Gasteiger partial charge >= 0.3 is 5.97 Å². The lowest BCUT2D eigenvalue weighted by atomic mass is 10.0. The summed E-state index contributed by atoms with van der Waals surface area (Å²) in [4.78, 5) is 10.8. The monoisotopic (exact) mass is 210 g/mol. The molecule has 76 valence electrons. The fraction of sp³-hybridized carbons (Fsp3) is 0.300. The highest BCUT2D eigenvalue weighted by atomic mass is 28.2. The van der Waals surface area contributed by atoms with Crippen LogP contribution in [0.1, 0.15) is 5.56 Å². The summed E-state index contributed by atoms with van der Waals surface area (Å²) in [7, 11) is 0.586. The second kappa shape index (κ2) is 5.57. The molecule has 0 bridgehead atoms. The van der Waals surface area contributed by atoms with Gasteiger partial charge in [-0.05, 0) is 12.0 Å². The molecule has 1 rings (SSSR count). The van der Waals surface area contributed by atoms with Crippen molar-refractivity contribution in [3.63, 3.8) is 0 Å². The van der Waals surface area contributed by atoms with E-state index >= 15 is 0 Å². The molecular formula is C10H14O3Si. The maximum atomic E-state index is 10.8. The summed E-state index contributed by atoms with van der Waals surface area (Å²) in [6.07, 6.45) is 0.540. The van der Waals surface area contributed by atoms with Crippen molar-refractivity contribution < 1.29 is 14.3 Å². The molecule has 0 spiro atoms. The molecule has 0 saturated heterocycles. The molecule has 1 aromatic carbocycles. The molecule has 14 heavy (non-hydrogen) atoms. The smallest absolute Gasteiger partial charge is 0.309 e. The highest BCUT2D eigenvalue weighted by molar-refractivity contribution is 5.98. The van der Waals surface area contributed by atoms with Gasteiger partial charge in [-0.25, -0.2) is 0 Å². The minimum Gasteiger partial charge on any atom is -0.481 e. The van der Waals surface area contributed by atoms with Crippen LogP contribution in [0.3, 0.4) is 0 Å². The number of rotatable bonds is 5. The Morgan fingerprint density at radius 2 is 2.07 bits per heavy atom. The third kappa shape index (κ3) is 3.31. The minimum absolute atomic E-state index is 0.316. The van der Waals surface area contributed by atoms with Crippen LogP contribution in [0, 0.1) is 5.92 Å². The molecule has 4 heteroatoms. The largest absolute Gasteiger partial charge is 0.481 e. The number of benzene rings is 1. The molecule has 0 aromatic heterocycles. The van der Waals surface area contributed by atoms with E-state index in [1.165, 1.54) is 0 Å². The summed E-state index contributed by atoms with van der Waals surface area (Å²) in [5.74, 6) is -1.21. The number of aliphatic carboxylic acids is 1. The Morgan fingerprint density at radius 1 is 1.43 bits per heavy atom. The first-order chi connectivity index (χ1) is 6.74. The molecule has 1 atom stereocenters. The van der Waals surface area contributed by atoms with Crippen molar-refractivity contribution in [3.05, 3.63) is 35.9 Å². The number of carboxylic acids is 1. The van der Waals surface area contributed by atoms with E-state index in [-0.39, 0.29) is 0 Å². The molecule has 1 N–H and O–H groups in total. The molecule has 0 aliphatic rings. The van der Waals surface area contributed by atoms with E-state index in [2.05, 4.69) is 0 Å². The standard InChI is InChI=1S/C10H14O3Si/c11-10(12)9(7-13-14)6-8-4-2-1-3-5-8/h1-5,9H,6-7H2,14H3,(H,11,12). The van der Waals surface area contributed by atoms with Crippen LogP contribution in [-0.2, 0) is 15.6 Å². The van der Waals surface area contributed by atoms with E-state index in [0.717, 1.165) is 5.56 Å². The molecule has 0 heterocycles. The van der Waals surface area contributed by atoms with Gasteiger partial charge in [-0.2, -0.15) is 0 Å². The van der Waals surface area contributed by atoms with Crippen molar-refractivity contribution in [2.24, 2.45) is 5.92 Å². The molecule has 1 unspecified atom stereocenters. The van der Waals surface area contributed by atoms with Crippen LogP contribution in [-0.4, -0.2) is 28.2 Å². The SMILES string of the molecule is O=C(O)C(CO[SiH3])Cc1ccccc1. The summed E-state index contributed by atoms with van der Waals surface area (Å²) in [5, 5.41) is 8.90. The zero-order valence-corrected chi connectivity index (χ0v) is 10.1. The lowest BCUT2D eigenvalue weighted by Gasteiger charge is -2.10. The van der Waals surface area contributed by atoms with E-state index in [1.54, 1.807) is 0 Å². The van der Waals surface area contributed by atoms with Crippen LogP contribution in [0.15, 0.2) is 30.3 Å². The Bertz CT molecular complexity index is 287. The predicted octanol–water partition coefficient (Wildman–Crippen LogP) is 0.227. The molecule has 0 fully saturated rings. The number of carboxylic acid groups (broad SMARTS) is 1. The van der Waals surface area contributed by atoms with Gasteiger partial charge in [-0.3, -0.25) is 4.79 Å². The van der Waals surface area contributed by atoms with E-state index in [4.69, 9.17) is 9.53 Å². The van der Waals surface area contributed by atoms with Gasteiger partial charge in [0.1, 0.15) is 10.5 Å². The van der Waals surface area contributed by atoms with Gasteiger partial charge in [0.25, 0.3) is 0 Å². The maximum absolute atomic E-state index is 10.8. The fourth-order valence-electron chi connectivity index (χ4n) is 1.32. The molecule has 1 aromatic rings. The zero-order chi connectivity index (χ0) is 10.4. The molecule has 0 saturated carbocycles. The van der Waals surface area contributed by atoms with Crippen molar-refractivity contribution in [2.45, 2.75) is 6.42 Å². The first kappa shape index (κ1) is 10.9. The lowest BCUT2D eigenvalue weighted by Crippen LogP contribution is -2.21. The summed E-state index contributed by atoms with van der Waals surface area (Å²) < 4.78 is 5.00. The van der Waals surface area contributed by atoms with Gasteiger partial charge in [0.05, 0.1) is 5.92 Å². The summed E-state index contributed by atoms with van der Waals surface area (Å²) >= 11 is 0. The van der Waals surface area contributed by atoms with Crippen LogP contribution in [0.5, 0.6) is 0 Å². The Hall–Kier alpha value is -1.13. The quantitative estimate of drug-likeness (QED) is 0.708. The maximum Gasteiger partial charge on any atom is 0.309 e. The van der Waals surface area contributed by atoms with E-state index in [9.17, 15) is 4.79 Å². The minimum atomic E-state index is -0.787. The second-order valence-electron chi connectivity index (χ2n) is 3.18. The molecule has 0 radical (unpaired) electrons. The van der Waals surface area contributed by atoms with E-state index in [1.807, 2.05) is 30.3 Å². The van der Waals surface area contributed by atoms with Crippen LogP contribution in [0.2, 0.25) is 0 Å². The van der Waals surface area contributed by atoms with Crippen LogP contribution in [0.4, 0.5) is 0 Å². The van der Waals surface area contributed by atoms with Gasteiger partial charge in [0, 0.05) is 6.61 Å². The topological polar surface area (TPSA) is 46.5 Å². The van der Waals surface area contributed by atoms with Crippen LogP contribution >= 0.6 is 0 Å². The molecule has 0 aliphatic carbocycles. The third-order valence-corrected chi connectivity index (χ3v) is 2.38. The number of carbonyl (C=O) groups is 1. The highest BCUT2D eigenvalue weighted by Crippen LogP contribution is 2.09. The highest BCUT2D eigenvalue weighted by Gasteiger charge is 2.16. The van der Waals surface area contributed by atoms with Gasteiger partial charge in [-0.15, -0.1) is 0 Å². The predicted molar refractivity (Wildman–Crippen MR) is 57.2 cm³/mol. The Balaban J connectivity index is 2.60. The van der Waals surface area contributed by atoms with E-state index in [0.29, 0.717) is 23.5 Å². The first-order valence-electron chi connectivity index (χ1n) is 4.49. The van der Waals surface area contributed by atoms with Crippen molar-refractivity contribution in [1.82, 2.24) is 0 Å². The second-order valence-corrected chi connectivity index (χ2v) is 3.76. The van der Waals surface area contributed by atoms with Crippen molar-refractivity contribution in [1.29, 1.82) is 0 Å². The molecule has 3 nitrogen and oxygen atoms in total. The van der Waals surface area contributed by atoms with Gasteiger partial charge < -0.3 is 9.53 Å². The van der Waals surface area contributed by atoms with Gasteiger partial charge in [-0.1, -0.05) is 30.3 Å². The van der Waals surface area contributed by atoms with Gasteiger partial charge in [0.2, 0.25) is 0 Å². The normalized spacial score (nSPS) is 12.6. The summed E-state index contributed by atoms with van der Waals surface area (Å²) in [6.45, 7) is 0.316. The lowest BCUT2D eigenvalue weighted by molar-refractivity contribution is -0.142. The average molecular weight is 210 g/mol. The molecule has 0 amide bonds. The van der Waals surface area contributed by atoms with Crippen molar-refractivity contribution >= 4 is 16.5 Å². The Morgan fingerprint density at radius 3 is 2.57 bits per heavy atom. The zero-order valence-electron chi connectivity index (χ0n) is 8.14. The summed E-state index contributed by atoms with van der Waals surface area (Å²) in [6, 6.07) is 9.61. The third-order valence-electron chi connectivity index (χ3n) is 2.04. The number of hydrogen-bond donors (Lipinski definition) is 1. The summed E-state index contributed by atoms with van der Waals surface area (Å²) in [5.41, 5.74) is 1.04. The first-order valence-corrected chi connectivity index (χ1v) is 5.31. The van der Waals surface area contributed by atoms with Crippen LogP contribution < -0.4 is 0 Å². The number of hydrogen-bond acceptors (Lipinski definition) is 2. The Kier molecular flexibility index (Phi) is 4.35. The Labute approximate surface area is 86.3 Å². The average Bonchev–Trinajstić information content (AvgIpc) is 2.18. The van der Waals surface area contributed by atoms with Crippen molar-refractivity contribution in [2.75, 3.05) is 6.61 Å².